The molecule has 3 rings (SSSR count). The molecule has 1 N–H and O–H groups in total. The molecular formula is C21H26N6O4S2. The molecule has 0 fully saturated rings. The predicted octanol–water partition coefficient (Wildman–Crippen LogP) is 2.28. The van der Waals surface area contributed by atoms with E-state index in [0.717, 1.165) is 9.87 Å². The summed E-state index contributed by atoms with van der Waals surface area (Å²) in [5.41, 5.74) is 1.87. The highest BCUT2D eigenvalue weighted by Gasteiger charge is 2.21. The number of hydrogen-bond acceptors (Lipinski definition) is 8. The van der Waals surface area contributed by atoms with Crippen molar-refractivity contribution >= 4 is 33.4 Å². The largest absolute Gasteiger partial charge is 0.383 e. The van der Waals surface area contributed by atoms with E-state index in [4.69, 9.17) is 4.74 Å². The molecule has 1 aromatic carbocycles. The maximum absolute atomic E-state index is 12.6. The molecule has 0 aliphatic carbocycles. The zero-order valence-electron chi connectivity index (χ0n) is 18.8. The summed E-state index contributed by atoms with van der Waals surface area (Å²) in [7, 11) is 0.932. The molecule has 0 saturated carbocycles. The van der Waals surface area contributed by atoms with Crippen LogP contribution in [0.5, 0.6) is 0 Å². The van der Waals surface area contributed by atoms with Gasteiger partial charge in [0, 0.05) is 44.8 Å². The van der Waals surface area contributed by atoms with Crippen molar-refractivity contribution in [3.63, 3.8) is 0 Å². The second kappa shape index (κ2) is 10.9. The highest BCUT2D eigenvalue weighted by molar-refractivity contribution is 7.99. The van der Waals surface area contributed by atoms with E-state index in [1.165, 1.54) is 31.9 Å². The van der Waals surface area contributed by atoms with Crippen LogP contribution in [0.3, 0.4) is 0 Å². The maximum Gasteiger partial charge on any atom is 0.242 e. The van der Waals surface area contributed by atoms with Crippen molar-refractivity contribution in [2.24, 2.45) is 0 Å². The fourth-order valence-corrected chi connectivity index (χ4v) is 4.88. The quantitative estimate of drug-likeness (QED) is 0.430. The van der Waals surface area contributed by atoms with Crippen LogP contribution in [0.2, 0.25) is 0 Å². The standard InChI is InChI=1S/C21H26N6O4S2/c1-15-5-6-17(13-18(15)33(29,30)26(2)3)23-19(28)14-32-21-25-24-20(27(21)11-12-31-4)16-7-9-22-10-8-16/h5-10,13H,11-12,14H2,1-4H3,(H,23,28). The minimum atomic E-state index is -3.62. The number of ether oxygens (including phenoxy) is 1. The van der Waals surface area contributed by atoms with Gasteiger partial charge in [-0.05, 0) is 36.8 Å². The van der Waals surface area contributed by atoms with Crippen LogP contribution in [0.15, 0.2) is 52.8 Å². The first kappa shape index (κ1) is 24.8. The molecule has 2 aromatic heterocycles. The lowest BCUT2D eigenvalue weighted by Gasteiger charge is -2.15. The number of aryl methyl sites for hydroxylation is 1. The van der Waals surface area contributed by atoms with Crippen molar-refractivity contribution in [2.75, 3.05) is 38.9 Å². The number of nitrogens with one attached hydrogen (secondary N) is 1. The molecule has 0 unspecified atom stereocenters. The summed E-state index contributed by atoms with van der Waals surface area (Å²) < 4.78 is 33.3. The van der Waals surface area contributed by atoms with Gasteiger partial charge in [-0.15, -0.1) is 10.2 Å². The van der Waals surface area contributed by atoms with Crippen LogP contribution in [0.1, 0.15) is 5.56 Å². The molecule has 0 aliphatic rings. The van der Waals surface area contributed by atoms with E-state index < -0.39 is 10.0 Å². The first-order valence-electron chi connectivity index (χ1n) is 10.0. The molecule has 0 spiro atoms. The number of carbonyl (C=O) groups excluding carboxylic acids is 1. The van der Waals surface area contributed by atoms with Gasteiger partial charge < -0.3 is 10.1 Å². The molecule has 33 heavy (non-hydrogen) atoms. The average molecular weight is 491 g/mol. The molecular weight excluding hydrogens is 464 g/mol. The van der Waals surface area contributed by atoms with E-state index in [1.54, 1.807) is 38.6 Å². The summed E-state index contributed by atoms with van der Waals surface area (Å²) in [6.45, 7) is 2.70. The molecule has 2 heterocycles. The number of carbonyl (C=O) groups is 1. The Hall–Kier alpha value is -2.80. The lowest BCUT2D eigenvalue weighted by atomic mass is 10.2. The smallest absolute Gasteiger partial charge is 0.242 e. The highest BCUT2D eigenvalue weighted by Crippen LogP contribution is 2.25. The fraction of sp³-hybridized carbons (Fsp3) is 0.333. The second-order valence-corrected chi connectivity index (χ2v) is 10.4. The first-order valence-corrected chi connectivity index (χ1v) is 12.4. The average Bonchev–Trinajstić information content (AvgIpc) is 3.20. The highest BCUT2D eigenvalue weighted by atomic mass is 32.2. The molecule has 3 aromatic rings. The SMILES string of the molecule is COCCn1c(SCC(=O)Nc2ccc(C)c(S(=O)(=O)N(C)C)c2)nnc1-c1ccncc1. The molecule has 12 heteroatoms. The third-order valence-corrected chi connectivity index (χ3v) is 7.66. The van der Waals surface area contributed by atoms with E-state index in [-0.39, 0.29) is 16.6 Å². The minimum absolute atomic E-state index is 0.0745. The summed E-state index contributed by atoms with van der Waals surface area (Å²) in [5.74, 6) is 0.448. The van der Waals surface area contributed by atoms with Crippen LogP contribution in [0, 0.1) is 6.92 Å². The minimum Gasteiger partial charge on any atom is -0.383 e. The number of thioether (sulfide) groups is 1. The molecule has 0 atom stereocenters. The Bertz CT molecular complexity index is 1210. The Balaban J connectivity index is 1.73. The van der Waals surface area contributed by atoms with E-state index in [9.17, 15) is 13.2 Å². The van der Waals surface area contributed by atoms with Crippen molar-refractivity contribution in [3.8, 4) is 11.4 Å². The van der Waals surface area contributed by atoms with E-state index in [0.29, 0.717) is 35.4 Å². The number of benzene rings is 1. The topological polar surface area (TPSA) is 119 Å². The molecule has 0 aliphatic heterocycles. The number of nitrogens with zero attached hydrogens (tertiary/aromatic N) is 5. The van der Waals surface area contributed by atoms with Crippen LogP contribution in [-0.4, -0.2) is 71.9 Å². The second-order valence-electron chi connectivity index (χ2n) is 7.29. The van der Waals surface area contributed by atoms with Gasteiger partial charge in [-0.3, -0.25) is 14.3 Å². The zero-order chi connectivity index (χ0) is 24.0. The molecule has 0 bridgehead atoms. The summed E-state index contributed by atoms with van der Waals surface area (Å²) in [6.07, 6.45) is 3.36. The summed E-state index contributed by atoms with van der Waals surface area (Å²) in [4.78, 5) is 16.8. The van der Waals surface area contributed by atoms with Gasteiger partial charge in [0.1, 0.15) is 0 Å². The summed E-state index contributed by atoms with van der Waals surface area (Å²) in [5, 5.41) is 11.8. The van der Waals surface area contributed by atoms with Gasteiger partial charge in [0.2, 0.25) is 15.9 Å². The monoisotopic (exact) mass is 490 g/mol. The van der Waals surface area contributed by atoms with Crippen molar-refractivity contribution in [2.45, 2.75) is 23.5 Å². The zero-order valence-corrected chi connectivity index (χ0v) is 20.5. The first-order chi connectivity index (χ1) is 15.7. The number of amides is 1. The van der Waals surface area contributed by atoms with Gasteiger partial charge in [0.15, 0.2) is 11.0 Å². The van der Waals surface area contributed by atoms with Gasteiger partial charge in [-0.2, -0.15) is 0 Å². The van der Waals surface area contributed by atoms with Gasteiger partial charge in [0.25, 0.3) is 0 Å². The summed E-state index contributed by atoms with van der Waals surface area (Å²) in [6, 6.07) is 8.49. The van der Waals surface area contributed by atoms with Gasteiger partial charge >= 0.3 is 0 Å². The van der Waals surface area contributed by atoms with Crippen molar-refractivity contribution < 1.29 is 17.9 Å². The Morgan fingerprint density at radius 2 is 1.91 bits per heavy atom. The molecule has 0 radical (unpaired) electrons. The number of methoxy groups -OCH3 is 1. The number of anilines is 1. The Morgan fingerprint density at radius 1 is 1.18 bits per heavy atom. The molecule has 176 valence electrons. The van der Waals surface area contributed by atoms with Gasteiger partial charge in [-0.1, -0.05) is 17.8 Å². The third-order valence-electron chi connectivity index (χ3n) is 4.74. The molecule has 1 amide bonds. The lowest BCUT2D eigenvalue weighted by molar-refractivity contribution is -0.113. The number of pyridine rings is 1. The fourth-order valence-electron chi connectivity index (χ4n) is 2.97. The Morgan fingerprint density at radius 3 is 2.58 bits per heavy atom. The van der Waals surface area contributed by atoms with Crippen LogP contribution >= 0.6 is 11.8 Å². The van der Waals surface area contributed by atoms with E-state index >= 15 is 0 Å². The lowest BCUT2D eigenvalue weighted by Crippen LogP contribution is -2.23. The Labute approximate surface area is 197 Å². The number of aromatic nitrogens is 4. The van der Waals surface area contributed by atoms with Crippen LogP contribution in [-0.2, 0) is 26.1 Å². The van der Waals surface area contributed by atoms with Crippen LogP contribution < -0.4 is 5.32 Å². The van der Waals surface area contributed by atoms with Crippen molar-refractivity contribution in [1.29, 1.82) is 0 Å². The van der Waals surface area contributed by atoms with Crippen LogP contribution in [0.4, 0.5) is 5.69 Å². The maximum atomic E-state index is 12.6. The Kier molecular flexibility index (Phi) is 8.19. The predicted molar refractivity (Wildman–Crippen MR) is 127 cm³/mol. The number of hydrogen-bond donors (Lipinski definition) is 1. The van der Waals surface area contributed by atoms with E-state index in [1.807, 2.05) is 16.7 Å². The normalized spacial score (nSPS) is 11.7. The van der Waals surface area contributed by atoms with Gasteiger partial charge in [0.05, 0.1) is 23.8 Å². The third kappa shape index (κ3) is 5.96. The van der Waals surface area contributed by atoms with Crippen molar-refractivity contribution in [1.82, 2.24) is 24.1 Å². The number of rotatable bonds is 10. The van der Waals surface area contributed by atoms with E-state index in [2.05, 4.69) is 20.5 Å². The van der Waals surface area contributed by atoms with Crippen LogP contribution in [0.25, 0.3) is 11.4 Å². The molecule has 10 nitrogen and oxygen atoms in total. The summed E-state index contributed by atoms with van der Waals surface area (Å²) >= 11 is 1.24. The van der Waals surface area contributed by atoms with Crippen molar-refractivity contribution in [3.05, 3.63) is 48.3 Å². The number of sulfonamides is 1. The molecule has 0 saturated heterocycles. The van der Waals surface area contributed by atoms with Gasteiger partial charge in [-0.25, -0.2) is 12.7 Å².